The third kappa shape index (κ3) is 29.9. The second kappa shape index (κ2) is 12.6. The van der Waals surface area contributed by atoms with Crippen LogP contribution in [-0.4, -0.2) is 111 Å². The van der Waals surface area contributed by atoms with Crippen molar-refractivity contribution in [1.29, 1.82) is 0 Å². The molecule has 11 heteroatoms. The van der Waals surface area contributed by atoms with Crippen molar-refractivity contribution in [3.05, 3.63) is 0 Å². The molecule has 6 N–H and O–H groups in total. The smallest absolute Gasteiger partial charge is 1.00 e. The Morgan fingerprint density at radius 2 is 1.50 bits per heavy atom. The molecular formula is CH10Ca2O8S. The van der Waals surface area contributed by atoms with Gasteiger partial charge in [0.2, 0.25) is 0 Å². The van der Waals surface area contributed by atoms with Crippen LogP contribution < -0.4 is 0 Å². The molecule has 72 valence electrons. The van der Waals surface area contributed by atoms with E-state index in [1.807, 2.05) is 0 Å². The van der Waals surface area contributed by atoms with Crippen molar-refractivity contribution in [2.75, 3.05) is 0 Å². The van der Waals surface area contributed by atoms with Gasteiger partial charge in [0, 0.05) is 0 Å². The van der Waals surface area contributed by atoms with Crippen molar-refractivity contribution in [1.82, 2.24) is 0 Å². The third-order valence-corrected chi connectivity index (χ3v) is 0.530. The maximum atomic E-state index is 9.39. The van der Waals surface area contributed by atoms with E-state index in [1.165, 1.54) is 0 Å². The molecule has 8 nitrogen and oxygen atoms in total. The fourth-order valence-corrected chi connectivity index (χ4v) is 0.270. The summed E-state index contributed by atoms with van der Waals surface area (Å²) in [6, 6.07) is 0. The van der Waals surface area contributed by atoms with Gasteiger partial charge in [0.15, 0.2) is 0 Å². The zero-order chi connectivity index (χ0) is 6.78. The Morgan fingerprint density at radius 1 is 1.25 bits per heavy atom. The van der Waals surface area contributed by atoms with Gasteiger partial charge in [0.05, 0.1) is 0 Å². The summed E-state index contributed by atoms with van der Waals surface area (Å²) >= 11 is 0. The molecule has 0 spiro atoms. The Labute approximate surface area is 134 Å². The van der Waals surface area contributed by atoms with Gasteiger partial charge in [-0.25, -0.2) is 4.79 Å². The minimum Gasteiger partial charge on any atom is -1.00 e. The summed E-state index contributed by atoms with van der Waals surface area (Å²) in [4.78, 5) is 9.25. The van der Waals surface area contributed by atoms with Gasteiger partial charge < -0.3 is 21.8 Å². The van der Waals surface area contributed by atoms with Gasteiger partial charge in [-0.1, -0.05) is 0 Å². The van der Waals surface area contributed by atoms with Crippen LogP contribution in [0.15, 0.2) is 0 Å². The van der Waals surface area contributed by atoms with Crippen LogP contribution in [0.3, 0.4) is 0 Å². The first-order valence-corrected chi connectivity index (χ1v) is 2.68. The second-order valence-electron chi connectivity index (χ2n) is 0.777. The Balaban J connectivity index is -0.00000000875. The van der Waals surface area contributed by atoms with E-state index in [0.29, 0.717) is 0 Å². The minimum atomic E-state index is -4.82. The van der Waals surface area contributed by atoms with Gasteiger partial charge in [-0.05, 0) is 0 Å². The number of hydrogen-bond acceptors (Lipinski definition) is 4. The van der Waals surface area contributed by atoms with E-state index in [-0.39, 0.29) is 92.1 Å². The number of hydrogen-bond donors (Lipinski definition) is 2. The monoisotopic (exact) mass is 262 g/mol. The van der Waals surface area contributed by atoms with E-state index in [9.17, 15) is 13.2 Å². The average molecular weight is 262 g/mol. The minimum absolute atomic E-state index is 0. The fourth-order valence-electron chi connectivity index (χ4n) is 0.0901. The first kappa shape index (κ1) is 29.2. The zero-order valence-electron chi connectivity index (χ0n) is 9.85. The molecule has 0 rings (SSSR count). The molecule has 0 saturated heterocycles. The summed E-state index contributed by atoms with van der Waals surface area (Å²) in [5, 5.41) is 7.49. The van der Waals surface area contributed by atoms with E-state index < -0.39 is 16.6 Å². The number of rotatable bonds is 1. The molecule has 0 aliphatic carbocycles. The van der Waals surface area contributed by atoms with Crippen molar-refractivity contribution in [3.8, 4) is 0 Å². The van der Waals surface area contributed by atoms with Crippen LogP contribution in [-0.2, 0) is 14.6 Å². The topological polar surface area (TPSA) is 164 Å². The van der Waals surface area contributed by atoms with Gasteiger partial charge in [0.1, 0.15) is 0 Å². The van der Waals surface area contributed by atoms with Crippen molar-refractivity contribution >= 4 is 92.0 Å². The molecule has 0 aromatic rings. The Morgan fingerprint density at radius 3 is 1.50 bits per heavy atom. The van der Waals surface area contributed by atoms with Gasteiger partial charge in [-0.3, -0.25) is 8.74 Å². The Hall–Kier alpha value is 1.62. The standard InChI is InChI=1S/CH2O6S.2Ca.2H2O.4H/c2-1(3)7-8(4,5)6;;;;;;;;/h(H,2,3)(H,4,5,6);;;2*1H2;;;;/q;2*+2;;;4*-1. The summed E-state index contributed by atoms with van der Waals surface area (Å²) in [6.07, 6.45) is -2.06. The molecule has 12 heavy (non-hydrogen) atoms. The van der Waals surface area contributed by atoms with Crippen molar-refractivity contribution in [3.63, 3.8) is 0 Å². The Bertz CT molecular complexity index is 196. The summed E-state index contributed by atoms with van der Waals surface area (Å²) in [5.74, 6) is 0. The normalized spacial score (nSPS) is 7.08. The van der Waals surface area contributed by atoms with E-state index in [4.69, 9.17) is 9.66 Å². The predicted octanol–water partition coefficient (Wildman–Crippen LogP) is -2.48. The van der Waals surface area contributed by atoms with Crippen LogP contribution in [0.1, 0.15) is 5.71 Å². The third-order valence-electron chi connectivity index (χ3n) is 0.177. The van der Waals surface area contributed by atoms with Crippen LogP contribution in [0.25, 0.3) is 0 Å². The van der Waals surface area contributed by atoms with Crippen LogP contribution in [0.2, 0.25) is 0 Å². The van der Waals surface area contributed by atoms with Crippen LogP contribution in [0.4, 0.5) is 4.79 Å². The second-order valence-corrected chi connectivity index (χ2v) is 1.80. The first-order chi connectivity index (χ1) is 3.42. The predicted molar refractivity (Wildman–Crippen MR) is 43.8 cm³/mol. The number of carbonyl (C=O) groups is 1. The molecule has 0 unspecified atom stereocenters. The zero-order valence-corrected chi connectivity index (χ0v) is 11.1. The maximum absolute atomic E-state index is 9.39. The summed E-state index contributed by atoms with van der Waals surface area (Å²) in [6.45, 7) is 0. The molecular weight excluding hydrogens is 252 g/mol. The molecule has 0 aliphatic rings. The SMILES string of the molecule is O.O.O=C(O)OS(=O)(=O)O.[Ca+2].[Ca+2].[H-].[H-].[H-].[H-]. The molecule has 0 heterocycles. The molecule has 0 bridgehead atoms. The number of carboxylic acid groups (broad SMARTS) is 1. The van der Waals surface area contributed by atoms with Gasteiger partial charge in [0.25, 0.3) is 0 Å². The molecule has 0 fully saturated rings. The van der Waals surface area contributed by atoms with Crippen LogP contribution >= 0.6 is 0 Å². The molecule has 0 aromatic heterocycles. The summed E-state index contributed by atoms with van der Waals surface area (Å²) in [7, 11) is -4.82. The van der Waals surface area contributed by atoms with Gasteiger partial charge in [-0.15, -0.1) is 0 Å². The maximum Gasteiger partial charge on any atom is 2.00 e. The Kier molecular flexibility index (Phi) is 30.7. The fraction of sp³-hybridized carbons (Fsp3) is 0. The van der Waals surface area contributed by atoms with Crippen molar-refractivity contribution in [2.45, 2.75) is 0 Å². The van der Waals surface area contributed by atoms with Crippen molar-refractivity contribution in [2.24, 2.45) is 0 Å². The molecule has 0 aliphatic heterocycles. The quantitative estimate of drug-likeness (QED) is 0.392. The molecule has 0 atom stereocenters. The van der Waals surface area contributed by atoms with E-state index in [2.05, 4.69) is 4.18 Å². The molecule has 0 saturated carbocycles. The van der Waals surface area contributed by atoms with Gasteiger partial charge >= 0.3 is 92.0 Å². The molecule has 0 aromatic carbocycles. The summed E-state index contributed by atoms with van der Waals surface area (Å²) in [5.41, 5.74) is 0. The first-order valence-electron chi connectivity index (χ1n) is 1.31. The van der Waals surface area contributed by atoms with Crippen LogP contribution in [0.5, 0.6) is 0 Å². The van der Waals surface area contributed by atoms with E-state index >= 15 is 0 Å². The van der Waals surface area contributed by atoms with E-state index in [0.717, 1.165) is 0 Å². The molecule has 0 amide bonds. The molecule has 0 radical (unpaired) electrons. The average Bonchev–Trinajstić information content (AvgIpc) is 1.21. The van der Waals surface area contributed by atoms with Crippen LogP contribution in [0, 0.1) is 0 Å². The van der Waals surface area contributed by atoms with E-state index in [1.54, 1.807) is 0 Å². The van der Waals surface area contributed by atoms with Crippen molar-refractivity contribution < 1.29 is 43.7 Å². The summed E-state index contributed by atoms with van der Waals surface area (Å²) < 4.78 is 29.2. The van der Waals surface area contributed by atoms with Gasteiger partial charge in [-0.2, -0.15) is 8.42 Å². The largest absolute Gasteiger partial charge is 2.00 e.